The van der Waals surface area contributed by atoms with E-state index in [1.54, 1.807) is 6.92 Å². The molecule has 0 atom stereocenters. The van der Waals surface area contributed by atoms with E-state index in [9.17, 15) is 39.5 Å². The first-order chi connectivity index (χ1) is 19.1. The maximum absolute atomic E-state index is 12.0. The minimum absolute atomic E-state index is 0.0502. The van der Waals surface area contributed by atoms with Crippen molar-refractivity contribution >= 4 is 0 Å². The zero-order valence-corrected chi connectivity index (χ0v) is 22.8. The Morgan fingerprint density at radius 1 is 0.293 bits per heavy atom. The number of alkyl halides is 9. The van der Waals surface area contributed by atoms with Gasteiger partial charge >= 0.3 is 18.5 Å². The van der Waals surface area contributed by atoms with Crippen LogP contribution < -0.4 is 0 Å². The molecule has 0 aliphatic carbocycles. The Morgan fingerprint density at radius 2 is 0.463 bits per heavy atom. The smallest absolute Gasteiger partial charge is 0.378 e. The molecule has 0 amide bonds. The molecule has 0 spiro atoms. The molecule has 0 aliphatic heterocycles. The Labute approximate surface area is 232 Å². The van der Waals surface area contributed by atoms with Gasteiger partial charge in [0.25, 0.3) is 0 Å². The van der Waals surface area contributed by atoms with Crippen LogP contribution >= 0.6 is 0 Å². The molecule has 0 aliphatic rings. The van der Waals surface area contributed by atoms with Crippen molar-refractivity contribution in [2.24, 2.45) is 5.41 Å². The summed E-state index contributed by atoms with van der Waals surface area (Å²) in [6.07, 6.45) is -13.2. The minimum Gasteiger partial charge on any atom is -0.378 e. The Balaban J connectivity index is 4.20. The van der Waals surface area contributed by atoms with Crippen LogP contribution in [-0.2, 0) is 42.6 Å². The maximum atomic E-state index is 12.0. The van der Waals surface area contributed by atoms with Crippen LogP contribution in [0.2, 0.25) is 0 Å². The molecule has 0 aromatic heterocycles. The van der Waals surface area contributed by atoms with Gasteiger partial charge in [-0.05, 0) is 0 Å². The third-order valence-corrected chi connectivity index (χ3v) is 4.38. The van der Waals surface area contributed by atoms with Gasteiger partial charge in [0.2, 0.25) is 0 Å². The molecule has 0 heterocycles. The van der Waals surface area contributed by atoms with Crippen LogP contribution in [-0.4, -0.2) is 137 Å². The fourth-order valence-corrected chi connectivity index (χ4v) is 2.66. The summed E-state index contributed by atoms with van der Waals surface area (Å²) in [5.74, 6) is 0. The van der Waals surface area contributed by atoms with Crippen LogP contribution in [0.5, 0.6) is 0 Å². The van der Waals surface area contributed by atoms with Gasteiger partial charge < -0.3 is 42.6 Å². The quantitative estimate of drug-likeness (QED) is 0.0994. The van der Waals surface area contributed by atoms with Crippen molar-refractivity contribution < 1.29 is 82.1 Å². The second kappa shape index (κ2) is 22.5. The molecule has 0 saturated heterocycles. The fourth-order valence-electron chi connectivity index (χ4n) is 2.66. The molecule has 0 rings (SSSR count). The Hall–Kier alpha value is -0.990. The minimum atomic E-state index is -4.41. The lowest BCUT2D eigenvalue weighted by molar-refractivity contribution is -0.177. The topological polar surface area (TPSA) is 83.1 Å². The summed E-state index contributed by atoms with van der Waals surface area (Å²) in [4.78, 5) is 0. The van der Waals surface area contributed by atoms with E-state index < -0.39 is 43.8 Å². The SMILES string of the molecule is CC(COCCOCCOCC(F)(F)F)(COCCOCCOCC(F)(F)F)COCCOCCOCC(F)(F)F. The third-order valence-electron chi connectivity index (χ3n) is 4.38. The first kappa shape index (κ1) is 40.0. The molecule has 248 valence electrons. The predicted octanol–water partition coefficient (Wildman–Crippen LogP) is 3.83. The Kier molecular flexibility index (Phi) is 22.0. The summed E-state index contributed by atoms with van der Waals surface area (Å²) in [7, 11) is 0. The summed E-state index contributed by atoms with van der Waals surface area (Å²) < 4.78 is 153. The van der Waals surface area contributed by atoms with Crippen molar-refractivity contribution in [1.82, 2.24) is 0 Å². The average molecular weight is 631 g/mol. The highest BCUT2D eigenvalue weighted by Gasteiger charge is 2.29. The van der Waals surface area contributed by atoms with Gasteiger partial charge in [-0.1, -0.05) is 6.92 Å². The van der Waals surface area contributed by atoms with Gasteiger partial charge in [-0.25, -0.2) is 0 Å². The molecule has 18 heteroatoms. The van der Waals surface area contributed by atoms with Gasteiger partial charge in [-0.2, -0.15) is 39.5 Å². The number of rotatable bonds is 27. The summed E-state index contributed by atoms with van der Waals surface area (Å²) in [5.41, 5.74) is -0.679. The highest BCUT2D eigenvalue weighted by atomic mass is 19.4. The molecular weight excluding hydrogens is 591 g/mol. The average Bonchev–Trinajstić information content (AvgIpc) is 2.84. The molecular formula is C23H39F9O9. The van der Waals surface area contributed by atoms with E-state index >= 15 is 0 Å². The molecule has 0 N–H and O–H groups in total. The van der Waals surface area contributed by atoms with E-state index in [1.165, 1.54) is 0 Å². The van der Waals surface area contributed by atoms with Crippen LogP contribution in [0, 0.1) is 5.41 Å². The van der Waals surface area contributed by atoms with Crippen molar-refractivity contribution in [3.63, 3.8) is 0 Å². The molecule has 0 aromatic rings. The molecule has 0 bridgehead atoms. The normalized spacial score (nSPS) is 13.3. The fraction of sp³-hybridized carbons (Fsp3) is 1.00. The monoisotopic (exact) mass is 630 g/mol. The van der Waals surface area contributed by atoms with Crippen LogP contribution in [0.3, 0.4) is 0 Å². The van der Waals surface area contributed by atoms with Crippen molar-refractivity contribution in [3.8, 4) is 0 Å². The van der Waals surface area contributed by atoms with E-state index in [0.29, 0.717) is 0 Å². The standard InChI is InChI=1S/C23H39F9O9/c1-20(14-36-8-2-33-5-11-39-17-21(24,25)26,15-37-9-3-34-6-12-40-18-22(27,28)29)16-38-10-4-35-7-13-41-19-23(30,31)32/h2-19H2,1H3. The maximum Gasteiger partial charge on any atom is 0.411 e. The lowest BCUT2D eigenvalue weighted by Gasteiger charge is -2.29. The molecule has 0 saturated carbocycles. The van der Waals surface area contributed by atoms with Gasteiger partial charge in [-0.15, -0.1) is 0 Å². The van der Waals surface area contributed by atoms with Crippen molar-refractivity contribution in [3.05, 3.63) is 0 Å². The number of hydrogen-bond acceptors (Lipinski definition) is 9. The highest BCUT2D eigenvalue weighted by Crippen LogP contribution is 2.19. The summed E-state index contributed by atoms with van der Waals surface area (Å²) in [5, 5.41) is 0. The van der Waals surface area contributed by atoms with Crippen LogP contribution in [0.15, 0.2) is 0 Å². The number of ether oxygens (including phenoxy) is 9. The highest BCUT2D eigenvalue weighted by molar-refractivity contribution is 4.73. The van der Waals surface area contributed by atoms with Crippen LogP contribution in [0.25, 0.3) is 0 Å². The van der Waals surface area contributed by atoms with Gasteiger partial charge in [0.05, 0.1) is 99.1 Å². The first-order valence-corrected chi connectivity index (χ1v) is 12.5. The molecule has 0 fully saturated rings. The van der Waals surface area contributed by atoms with Crippen LogP contribution in [0.4, 0.5) is 39.5 Å². The first-order valence-electron chi connectivity index (χ1n) is 12.5. The largest absolute Gasteiger partial charge is 0.411 e. The lowest BCUT2D eigenvalue weighted by Crippen LogP contribution is -2.35. The molecule has 41 heavy (non-hydrogen) atoms. The predicted molar refractivity (Wildman–Crippen MR) is 124 cm³/mol. The van der Waals surface area contributed by atoms with Gasteiger partial charge in [0.15, 0.2) is 0 Å². The molecule has 9 nitrogen and oxygen atoms in total. The van der Waals surface area contributed by atoms with Crippen molar-refractivity contribution in [2.75, 3.05) is 119 Å². The summed E-state index contributed by atoms with van der Waals surface area (Å²) >= 11 is 0. The van der Waals surface area contributed by atoms with E-state index in [1.807, 2.05) is 0 Å². The molecule has 0 radical (unpaired) electrons. The van der Waals surface area contributed by atoms with Crippen LogP contribution in [0.1, 0.15) is 6.92 Å². The third kappa shape index (κ3) is 31.8. The van der Waals surface area contributed by atoms with E-state index in [4.69, 9.17) is 28.4 Å². The van der Waals surface area contributed by atoms with Crippen molar-refractivity contribution in [2.45, 2.75) is 25.5 Å². The van der Waals surface area contributed by atoms with Gasteiger partial charge in [0.1, 0.15) is 19.8 Å². The molecule has 0 aromatic carbocycles. The molecule has 0 unspecified atom stereocenters. The number of halogens is 9. The second-order valence-electron chi connectivity index (χ2n) is 8.81. The zero-order chi connectivity index (χ0) is 31.1. The Bertz CT molecular complexity index is 528. The lowest BCUT2D eigenvalue weighted by atomic mass is 9.94. The summed E-state index contributed by atoms with van der Waals surface area (Å²) in [6, 6.07) is 0. The van der Waals surface area contributed by atoms with E-state index in [-0.39, 0.29) is 99.1 Å². The van der Waals surface area contributed by atoms with Crippen molar-refractivity contribution in [1.29, 1.82) is 0 Å². The zero-order valence-electron chi connectivity index (χ0n) is 22.8. The summed E-state index contributed by atoms with van der Waals surface area (Å²) in [6.45, 7) is -2.06. The number of hydrogen-bond donors (Lipinski definition) is 0. The van der Waals surface area contributed by atoms with Gasteiger partial charge in [0, 0.05) is 5.41 Å². The van der Waals surface area contributed by atoms with E-state index in [0.717, 1.165) is 0 Å². The van der Waals surface area contributed by atoms with E-state index in [2.05, 4.69) is 14.2 Å². The van der Waals surface area contributed by atoms with Gasteiger partial charge in [-0.3, -0.25) is 0 Å². The second-order valence-corrected chi connectivity index (χ2v) is 8.81. The Morgan fingerprint density at radius 3 is 0.659 bits per heavy atom.